The Hall–Kier alpha value is -3.74. The molecule has 0 saturated carbocycles. The summed E-state index contributed by atoms with van der Waals surface area (Å²) in [5.41, 5.74) is 1.33. The summed E-state index contributed by atoms with van der Waals surface area (Å²) in [4.78, 5) is 23.0. The summed E-state index contributed by atoms with van der Waals surface area (Å²) in [5, 5.41) is 21.4. The number of amides is 1. The standard InChI is InChI=1S/C26H27F3N4O5/c1-16-2-3-19(31-25(36)22-12-18(4-5-30-22)26(27,28)29)13-21(16)17-10-23(33-6-8-37-9-7-33)32-24(11-17)38-15-20(35)14-34/h2-5,10-13,20,34-35H,6-9,14-15H2,1H3,(H,31,36)/t20-/m0/s1. The highest BCUT2D eigenvalue weighted by atomic mass is 19.4. The van der Waals surface area contributed by atoms with Crippen molar-refractivity contribution in [2.75, 3.05) is 49.7 Å². The van der Waals surface area contributed by atoms with Gasteiger partial charge in [-0.2, -0.15) is 18.2 Å². The van der Waals surface area contributed by atoms with Crippen LogP contribution in [0.3, 0.4) is 0 Å². The predicted molar refractivity (Wildman–Crippen MR) is 133 cm³/mol. The normalized spacial score (nSPS) is 14.7. The molecular weight excluding hydrogens is 505 g/mol. The molecule has 3 heterocycles. The monoisotopic (exact) mass is 532 g/mol. The SMILES string of the molecule is Cc1ccc(NC(=O)c2cc(C(F)(F)F)ccn2)cc1-c1cc(OC[C@@H](O)CO)nc(N2CCOCC2)c1. The zero-order valence-electron chi connectivity index (χ0n) is 20.5. The van der Waals surface area contributed by atoms with Crippen molar-refractivity contribution < 1.29 is 37.7 Å². The lowest BCUT2D eigenvalue weighted by Crippen LogP contribution is -2.36. The molecule has 0 aliphatic carbocycles. The Balaban J connectivity index is 1.64. The van der Waals surface area contributed by atoms with Crippen LogP contribution in [0.15, 0.2) is 48.7 Å². The van der Waals surface area contributed by atoms with E-state index in [4.69, 9.17) is 14.6 Å². The van der Waals surface area contributed by atoms with E-state index in [0.29, 0.717) is 49.4 Å². The Morgan fingerprint density at radius 1 is 1.18 bits per heavy atom. The quantitative estimate of drug-likeness (QED) is 0.405. The zero-order chi connectivity index (χ0) is 27.3. The molecule has 1 atom stereocenters. The molecule has 1 aliphatic heterocycles. The number of benzene rings is 1. The highest BCUT2D eigenvalue weighted by molar-refractivity contribution is 6.03. The number of aromatic nitrogens is 2. The molecule has 202 valence electrons. The van der Waals surface area contributed by atoms with E-state index in [2.05, 4.69) is 15.3 Å². The molecule has 1 fully saturated rings. The molecule has 1 aromatic carbocycles. The van der Waals surface area contributed by atoms with Crippen LogP contribution >= 0.6 is 0 Å². The van der Waals surface area contributed by atoms with Crippen LogP contribution in [0.4, 0.5) is 24.7 Å². The number of anilines is 2. The van der Waals surface area contributed by atoms with Gasteiger partial charge in [0.25, 0.3) is 5.91 Å². The first-order valence-corrected chi connectivity index (χ1v) is 11.9. The molecule has 0 unspecified atom stereocenters. The number of hydrogen-bond donors (Lipinski definition) is 3. The fourth-order valence-corrected chi connectivity index (χ4v) is 3.85. The zero-order valence-corrected chi connectivity index (χ0v) is 20.5. The van der Waals surface area contributed by atoms with Crippen molar-refractivity contribution in [3.63, 3.8) is 0 Å². The Morgan fingerprint density at radius 3 is 2.66 bits per heavy atom. The Morgan fingerprint density at radius 2 is 1.95 bits per heavy atom. The van der Waals surface area contributed by atoms with Crippen molar-refractivity contribution in [1.29, 1.82) is 0 Å². The Labute approximate surface area is 216 Å². The topological polar surface area (TPSA) is 117 Å². The molecule has 1 saturated heterocycles. The van der Waals surface area contributed by atoms with Crippen LogP contribution in [0.1, 0.15) is 21.6 Å². The van der Waals surface area contributed by atoms with Gasteiger partial charge >= 0.3 is 6.18 Å². The van der Waals surface area contributed by atoms with Crippen molar-refractivity contribution in [3.8, 4) is 17.0 Å². The molecular formula is C26H27F3N4O5. The van der Waals surface area contributed by atoms with Gasteiger partial charge in [-0.25, -0.2) is 0 Å². The summed E-state index contributed by atoms with van der Waals surface area (Å²) in [6.07, 6.45) is -4.73. The van der Waals surface area contributed by atoms with Crippen LogP contribution in [0, 0.1) is 6.92 Å². The summed E-state index contributed by atoms with van der Waals surface area (Å²) in [6.45, 7) is 3.57. The van der Waals surface area contributed by atoms with E-state index in [-0.39, 0.29) is 18.2 Å². The maximum atomic E-state index is 13.1. The molecule has 0 bridgehead atoms. The molecule has 0 radical (unpaired) electrons. The van der Waals surface area contributed by atoms with Crippen LogP contribution in [-0.4, -0.2) is 71.7 Å². The average Bonchev–Trinajstić information content (AvgIpc) is 2.92. The Bertz CT molecular complexity index is 1280. The van der Waals surface area contributed by atoms with Gasteiger partial charge in [0.2, 0.25) is 5.88 Å². The molecule has 12 heteroatoms. The Kier molecular flexibility index (Phi) is 8.45. The third-order valence-electron chi connectivity index (χ3n) is 5.88. The number of pyridine rings is 2. The van der Waals surface area contributed by atoms with Crippen molar-refractivity contribution in [1.82, 2.24) is 9.97 Å². The predicted octanol–water partition coefficient (Wildman–Crippen LogP) is 3.29. The number of aryl methyl sites for hydroxylation is 1. The third-order valence-corrected chi connectivity index (χ3v) is 5.88. The van der Waals surface area contributed by atoms with Crippen LogP contribution < -0.4 is 15.0 Å². The minimum Gasteiger partial charge on any atom is -0.475 e. The van der Waals surface area contributed by atoms with Gasteiger partial charge in [0, 0.05) is 31.0 Å². The first-order valence-electron chi connectivity index (χ1n) is 11.9. The van der Waals surface area contributed by atoms with Gasteiger partial charge in [0.05, 0.1) is 25.4 Å². The van der Waals surface area contributed by atoms with E-state index in [9.17, 15) is 23.1 Å². The number of carbonyl (C=O) groups excluding carboxylic acids is 1. The van der Waals surface area contributed by atoms with E-state index >= 15 is 0 Å². The number of morpholine rings is 1. The van der Waals surface area contributed by atoms with Gasteiger partial charge < -0.3 is 29.9 Å². The number of alkyl halides is 3. The first kappa shape index (κ1) is 27.3. The number of ether oxygens (including phenoxy) is 2. The number of halogens is 3. The molecule has 4 rings (SSSR count). The number of rotatable bonds is 8. The number of nitrogens with one attached hydrogen (secondary N) is 1. The van der Waals surface area contributed by atoms with E-state index in [0.717, 1.165) is 23.4 Å². The van der Waals surface area contributed by atoms with Gasteiger partial charge in [-0.15, -0.1) is 0 Å². The summed E-state index contributed by atoms with van der Waals surface area (Å²) < 4.78 is 50.2. The summed E-state index contributed by atoms with van der Waals surface area (Å²) in [6, 6.07) is 10.2. The van der Waals surface area contributed by atoms with Gasteiger partial charge in [-0.1, -0.05) is 6.07 Å². The number of hydrogen-bond acceptors (Lipinski definition) is 8. The number of nitrogens with zero attached hydrogens (tertiary/aromatic N) is 3. The lowest BCUT2D eigenvalue weighted by atomic mass is 10.00. The number of aliphatic hydroxyl groups excluding tert-OH is 2. The minimum absolute atomic E-state index is 0.158. The maximum absolute atomic E-state index is 13.1. The molecule has 38 heavy (non-hydrogen) atoms. The summed E-state index contributed by atoms with van der Waals surface area (Å²) in [7, 11) is 0. The molecule has 9 nitrogen and oxygen atoms in total. The molecule has 0 spiro atoms. The van der Waals surface area contributed by atoms with Crippen molar-refractivity contribution in [2.45, 2.75) is 19.2 Å². The van der Waals surface area contributed by atoms with E-state index in [1.165, 1.54) is 0 Å². The highest BCUT2D eigenvalue weighted by Crippen LogP contribution is 2.33. The van der Waals surface area contributed by atoms with Gasteiger partial charge in [0.15, 0.2) is 0 Å². The van der Waals surface area contributed by atoms with Gasteiger partial charge in [-0.3, -0.25) is 9.78 Å². The molecule has 2 aromatic heterocycles. The second-order valence-corrected chi connectivity index (χ2v) is 8.71. The van der Waals surface area contributed by atoms with Crippen molar-refractivity contribution in [2.24, 2.45) is 0 Å². The third kappa shape index (κ3) is 6.77. The lowest BCUT2D eigenvalue weighted by Gasteiger charge is -2.28. The van der Waals surface area contributed by atoms with Crippen molar-refractivity contribution in [3.05, 3.63) is 65.5 Å². The maximum Gasteiger partial charge on any atom is 0.416 e. The average molecular weight is 533 g/mol. The minimum atomic E-state index is -4.60. The second-order valence-electron chi connectivity index (χ2n) is 8.71. The number of carbonyl (C=O) groups is 1. The molecule has 1 amide bonds. The molecule has 1 aliphatic rings. The van der Waals surface area contributed by atoms with E-state index in [1.54, 1.807) is 24.3 Å². The van der Waals surface area contributed by atoms with Gasteiger partial charge in [-0.05, 0) is 53.9 Å². The number of aliphatic hydroxyl groups is 2. The van der Waals surface area contributed by atoms with E-state index in [1.807, 2.05) is 17.9 Å². The van der Waals surface area contributed by atoms with Gasteiger partial charge in [0.1, 0.15) is 24.2 Å². The fraction of sp³-hybridized carbons (Fsp3) is 0.346. The van der Waals surface area contributed by atoms with Crippen LogP contribution in [0.2, 0.25) is 0 Å². The molecule has 3 aromatic rings. The summed E-state index contributed by atoms with van der Waals surface area (Å²) in [5.74, 6) is 0.0800. The smallest absolute Gasteiger partial charge is 0.416 e. The largest absolute Gasteiger partial charge is 0.475 e. The highest BCUT2D eigenvalue weighted by Gasteiger charge is 2.31. The van der Waals surface area contributed by atoms with E-state index < -0.39 is 30.4 Å². The first-order chi connectivity index (χ1) is 18.1. The lowest BCUT2D eigenvalue weighted by molar-refractivity contribution is -0.137. The summed E-state index contributed by atoms with van der Waals surface area (Å²) >= 11 is 0. The second kappa shape index (κ2) is 11.8. The molecule has 3 N–H and O–H groups in total. The van der Waals surface area contributed by atoms with Crippen molar-refractivity contribution >= 4 is 17.4 Å². The fourth-order valence-electron chi connectivity index (χ4n) is 3.85. The van der Waals surface area contributed by atoms with Crippen LogP contribution in [-0.2, 0) is 10.9 Å². The van der Waals surface area contributed by atoms with Crippen LogP contribution in [0.5, 0.6) is 5.88 Å². The van der Waals surface area contributed by atoms with Crippen LogP contribution in [0.25, 0.3) is 11.1 Å².